The molecule has 0 spiro atoms. The number of nitrogens with one attached hydrogen (secondary N) is 1. The second-order valence-electron chi connectivity index (χ2n) is 2.99. The van der Waals surface area contributed by atoms with E-state index in [9.17, 15) is 9.59 Å². The summed E-state index contributed by atoms with van der Waals surface area (Å²) in [5.41, 5.74) is 10.6. The van der Waals surface area contributed by atoms with Crippen molar-refractivity contribution in [2.24, 2.45) is 11.5 Å². The van der Waals surface area contributed by atoms with Crippen LogP contribution >= 0.6 is 0 Å². The highest BCUT2D eigenvalue weighted by Crippen LogP contribution is 1.89. The minimum atomic E-state index is -1.07. The first-order valence-corrected chi connectivity index (χ1v) is 4.53. The molecule has 1 amide bonds. The summed E-state index contributed by atoms with van der Waals surface area (Å²) < 4.78 is 0. The van der Waals surface area contributed by atoms with Gasteiger partial charge in [0.1, 0.15) is 0 Å². The van der Waals surface area contributed by atoms with Crippen LogP contribution in [-0.2, 0) is 9.59 Å². The molecule has 0 aromatic rings. The average molecular weight is 203 g/mol. The molecule has 0 saturated heterocycles. The minimum absolute atomic E-state index is 0.345. The third-order valence-electron chi connectivity index (χ3n) is 1.66. The SMILES string of the molecule is NCCCCNC(=O)[C@@H](N)CC(=O)O. The molecule has 0 aliphatic rings. The number of carboxylic acid groups (broad SMARTS) is 1. The number of hydrogen-bond donors (Lipinski definition) is 4. The van der Waals surface area contributed by atoms with E-state index in [2.05, 4.69) is 5.32 Å². The quantitative estimate of drug-likeness (QED) is 0.381. The lowest BCUT2D eigenvalue weighted by Crippen LogP contribution is -2.42. The third kappa shape index (κ3) is 6.38. The zero-order valence-corrected chi connectivity index (χ0v) is 8.03. The molecule has 0 aliphatic carbocycles. The Morgan fingerprint density at radius 3 is 2.50 bits per heavy atom. The van der Waals surface area contributed by atoms with E-state index < -0.39 is 17.9 Å². The number of amides is 1. The van der Waals surface area contributed by atoms with Crippen molar-refractivity contribution in [1.82, 2.24) is 5.32 Å². The summed E-state index contributed by atoms with van der Waals surface area (Å²) in [7, 11) is 0. The molecular formula is C8H17N3O3. The second kappa shape index (κ2) is 7.28. The number of carbonyl (C=O) groups excluding carboxylic acids is 1. The van der Waals surface area contributed by atoms with Crippen molar-refractivity contribution in [3.63, 3.8) is 0 Å². The molecule has 1 atom stereocenters. The molecule has 6 nitrogen and oxygen atoms in total. The average Bonchev–Trinajstić information content (AvgIpc) is 2.11. The van der Waals surface area contributed by atoms with Crippen molar-refractivity contribution in [2.45, 2.75) is 25.3 Å². The minimum Gasteiger partial charge on any atom is -0.481 e. The highest BCUT2D eigenvalue weighted by Gasteiger charge is 2.15. The van der Waals surface area contributed by atoms with Crippen molar-refractivity contribution in [3.05, 3.63) is 0 Å². The van der Waals surface area contributed by atoms with Crippen LogP contribution in [0.3, 0.4) is 0 Å². The predicted octanol–water partition coefficient (Wildman–Crippen LogP) is -1.36. The Balaban J connectivity index is 3.57. The Morgan fingerprint density at radius 1 is 1.36 bits per heavy atom. The first-order chi connectivity index (χ1) is 6.57. The molecule has 0 aliphatic heterocycles. The van der Waals surface area contributed by atoms with Gasteiger partial charge in [-0.25, -0.2) is 0 Å². The molecule has 6 heteroatoms. The zero-order valence-electron chi connectivity index (χ0n) is 8.03. The largest absolute Gasteiger partial charge is 0.481 e. The van der Waals surface area contributed by atoms with Gasteiger partial charge in [-0.15, -0.1) is 0 Å². The molecule has 0 fully saturated rings. The standard InChI is InChI=1S/C8H17N3O3/c9-3-1-2-4-11-8(14)6(10)5-7(12)13/h6H,1-5,9-10H2,(H,11,14)(H,12,13)/t6-/m0/s1. The molecule has 82 valence electrons. The van der Waals surface area contributed by atoms with Gasteiger partial charge in [0.05, 0.1) is 12.5 Å². The van der Waals surface area contributed by atoms with Crippen molar-refractivity contribution in [3.8, 4) is 0 Å². The van der Waals surface area contributed by atoms with Crippen molar-refractivity contribution >= 4 is 11.9 Å². The van der Waals surface area contributed by atoms with Gasteiger partial charge in [-0.3, -0.25) is 9.59 Å². The van der Waals surface area contributed by atoms with Gasteiger partial charge in [-0.2, -0.15) is 0 Å². The Bertz CT molecular complexity index is 196. The van der Waals surface area contributed by atoms with Crippen LogP contribution in [0.25, 0.3) is 0 Å². The van der Waals surface area contributed by atoms with Gasteiger partial charge in [-0.05, 0) is 19.4 Å². The predicted molar refractivity (Wildman–Crippen MR) is 51.5 cm³/mol. The van der Waals surface area contributed by atoms with E-state index in [1.54, 1.807) is 0 Å². The molecule has 0 rings (SSSR count). The van der Waals surface area contributed by atoms with Crippen LogP contribution in [0.15, 0.2) is 0 Å². The summed E-state index contributed by atoms with van der Waals surface area (Å²) in [5, 5.41) is 10.9. The molecule has 0 radical (unpaired) electrons. The molecule has 0 aromatic carbocycles. The normalized spacial score (nSPS) is 12.1. The fourth-order valence-corrected chi connectivity index (χ4v) is 0.893. The van der Waals surface area contributed by atoms with Crippen LogP contribution in [0.1, 0.15) is 19.3 Å². The third-order valence-corrected chi connectivity index (χ3v) is 1.66. The Labute approximate surface area is 82.6 Å². The molecule has 0 unspecified atom stereocenters. The Morgan fingerprint density at radius 2 is 2.00 bits per heavy atom. The van der Waals surface area contributed by atoms with Gasteiger partial charge in [-0.1, -0.05) is 0 Å². The number of nitrogens with two attached hydrogens (primary N) is 2. The summed E-state index contributed by atoms with van der Waals surface area (Å²) >= 11 is 0. The number of hydrogen-bond acceptors (Lipinski definition) is 4. The maximum Gasteiger partial charge on any atom is 0.305 e. The van der Waals surface area contributed by atoms with Crippen LogP contribution in [0, 0.1) is 0 Å². The number of unbranched alkanes of at least 4 members (excludes halogenated alkanes) is 1. The van der Waals surface area contributed by atoms with Crippen LogP contribution in [0.4, 0.5) is 0 Å². The lowest BCUT2D eigenvalue weighted by atomic mass is 10.2. The number of rotatable bonds is 7. The molecule has 0 aromatic heterocycles. The van der Waals surface area contributed by atoms with E-state index in [4.69, 9.17) is 16.6 Å². The first-order valence-electron chi connectivity index (χ1n) is 4.53. The Hall–Kier alpha value is -1.14. The lowest BCUT2D eigenvalue weighted by Gasteiger charge is -2.09. The fraction of sp³-hybridized carbons (Fsp3) is 0.750. The highest BCUT2D eigenvalue weighted by atomic mass is 16.4. The van der Waals surface area contributed by atoms with E-state index in [0.29, 0.717) is 13.1 Å². The summed E-state index contributed by atoms with van der Waals surface area (Å²) in [5.74, 6) is -1.50. The maximum absolute atomic E-state index is 11.1. The smallest absolute Gasteiger partial charge is 0.305 e. The van der Waals surface area contributed by atoms with E-state index in [1.807, 2.05) is 0 Å². The van der Waals surface area contributed by atoms with Crippen LogP contribution in [0.5, 0.6) is 0 Å². The van der Waals surface area contributed by atoms with E-state index >= 15 is 0 Å². The number of aliphatic carboxylic acids is 1. The molecule has 0 heterocycles. The van der Waals surface area contributed by atoms with E-state index in [1.165, 1.54) is 0 Å². The van der Waals surface area contributed by atoms with Crippen LogP contribution in [-0.4, -0.2) is 36.1 Å². The topological polar surface area (TPSA) is 118 Å². The van der Waals surface area contributed by atoms with Gasteiger partial charge in [0.2, 0.25) is 5.91 Å². The molecule has 6 N–H and O–H groups in total. The van der Waals surface area contributed by atoms with Crippen LogP contribution in [0.2, 0.25) is 0 Å². The van der Waals surface area contributed by atoms with Gasteiger partial charge in [0.15, 0.2) is 0 Å². The molecule has 14 heavy (non-hydrogen) atoms. The molecule has 0 saturated carbocycles. The van der Waals surface area contributed by atoms with Crippen molar-refractivity contribution in [1.29, 1.82) is 0 Å². The van der Waals surface area contributed by atoms with Gasteiger partial charge >= 0.3 is 5.97 Å². The monoisotopic (exact) mass is 203 g/mol. The number of carboxylic acids is 1. The molecule has 0 bridgehead atoms. The fourth-order valence-electron chi connectivity index (χ4n) is 0.893. The van der Waals surface area contributed by atoms with E-state index in [-0.39, 0.29) is 6.42 Å². The molecular weight excluding hydrogens is 186 g/mol. The number of carbonyl (C=O) groups is 2. The highest BCUT2D eigenvalue weighted by molar-refractivity contribution is 5.85. The Kier molecular flexibility index (Phi) is 6.69. The summed E-state index contributed by atoms with van der Waals surface area (Å²) in [6.45, 7) is 1.07. The second-order valence-corrected chi connectivity index (χ2v) is 2.99. The van der Waals surface area contributed by atoms with Crippen LogP contribution < -0.4 is 16.8 Å². The first kappa shape index (κ1) is 12.9. The zero-order chi connectivity index (χ0) is 11.0. The summed E-state index contributed by atoms with van der Waals surface area (Å²) in [4.78, 5) is 21.3. The van der Waals surface area contributed by atoms with Gasteiger partial charge in [0, 0.05) is 6.54 Å². The lowest BCUT2D eigenvalue weighted by molar-refractivity contribution is -0.139. The maximum atomic E-state index is 11.1. The summed E-state index contributed by atoms with van der Waals surface area (Å²) in [6, 6.07) is -0.967. The van der Waals surface area contributed by atoms with Gasteiger partial charge in [0.25, 0.3) is 0 Å². The van der Waals surface area contributed by atoms with Gasteiger partial charge < -0.3 is 21.9 Å². The van der Waals surface area contributed by atoms with E-state index in [0.717, 1.165) is 12.8 Å². The summed E-state index contributed by atoms with van der Waals surface area (Å²) in [6.07, 6.45) is 1.26. The van der Waals surface area contributed by atoms with Crippen molar-refractivity contribution in [2.75, 3.05) is 13.1 Å². The van der Waals surface area contributed by atoms with Crippen molar-refractivity contribution < 1.29 is 14.7 Å².